The van der Waals surface area contributed by atoms with E-state index in [9.17, 15) is 9.18 Å². The predicted molar refractivity (Wildman–Crippen MR) is 107 cm³/mol. The molecule has 6 heteroatoms. The second kappa shape index (κ2) is 8.17. The largest absolute Gasteiger partial charge is 0.349 e. The summed E-state index contributed by atoms with van der Waals surface area (Å²) in [5.41, 5.74) is 2.87. The number of nitrogens with zero attached hydrogens (tertiary/aromatic N) is 2. The number of anilines is 2. The average molecular weight is 376 g/mol. The van der Waals surface area contributed by atoms with Gasteiger partial charge in [-0.3, -0.25) is 4.79 Å². The van der Waals surface area contributed by atoms with E-state index >= 15 is 0 Å². The summed E-state index contributed by atoms with van der Waals surface area (Å²) < 4.78 is 13.1. The molecular formula is C22H21FN4O. The van der Waals surface area contributed by atoms with E-state index in [1.807, 2.05) is 18.2 Å². The second-order valence-electron chi connectivity index (χ2n) is 6.96. The van der Waals surface area contributed by atoms with Crippen molar-refractivity contribution < 1.29 is 9.18 Å². The molecule has 1 aliphatic carbocycles. The van der Waals surface area contributed by atoms with Crippen molar-refractivity contribution in [2.24, 2.45) is 0 Å². The lowest BCUT2D eigenvalue weighted by Gasteiger charge is -2.13. The number of amides is 1. The Kier molecular flexibility index (Phi) is 5.28. The summed E-state index contributed by atoms with van der Waals surface area (Å²) in [6, 6.07) is 15.6. The standard InChI is InChI=1S/C22H21FN4O/c23-17-10-8-15(9-11-17)20-13-21(25-14-24-20)26-19-7-3-4-16(12-19)22(28)27-18-5-1-2-6-18/h3-4,7-14,18H,1-2,5-6H2,(H,27,28)(H,24,25,26). The molecule has 28 heavy (non-hydrogen) atoms. The Morgan fingerprint density at radius 2 is 1.79 bits per heavy atom. The number of hydrogen-bond acceptors (Lipinski definition) is 4. The van der Waals surface area contributed by atoms with Crippen LogP contribution in [0.3, 0.4) is 0 Å². The van der Waals surface area contributed by atoms with E-state index < -0.39 is 0 Å². The summed E-state index contributed by atoms with van der Waals surface area (Å²) in [6.45, 7) is 0. The molecule has 0 saturated heterocycles. The molecular weight excluding hydrogens is 355 g/mol. The molecule has 0 atom stereocenters. The van der Waals surface area contributed by atoms with Gasteiger partial charge in [-0.1, -0.05) is 18.9 Å². The molecule has 5 nitrogen and oxygen atoms in total. The summed E-state index contributed by atoms with van der Waals surface area (Å²) in [6.07, 6.45) is 5.92. The number of hydrogen-bond donors (Lipinski definition) is 2. The van der Waals surface area contributed by atoms with Crippen LogP contribution in [0, 0.1) is 5.82 Å². The topological polar surface area (TPSA) is 66.9 Å². The van der Waals surface area contributed by atoms with Crippen LogP contribution in [-0.4, -0.2) is 21.9 Å². The van der Waals surface area contributed by atoms with Crippen molar-refractivity contribution >= 4 is 17.4 Å². The zero-order valence-corrected chi connectivity index (χ0v) is 15.4. The van der Waals surface area contributed by atoms with Gasteiger partial charge in [-0.15, -0.1) is 0 Å². The fourth-order valence-electron chi connectivity index (χ4n) is 3.43. The summed E-state index contributed by atoms with van der Waals surface area (Å²) in [4.78, 5) is 21.0. The van der Waals surface area contributed by atoms with Crippen molar-refractivity contribution in [3.8, 4) is 11.3 Å². The van der Waals surface area contributed by atoms with Gasteiger partial charge >= 0.3 is 0 Å². The maximum atomic E-state index is 13.1. The highest BCUT2D eigenvalue weighted by molar-refractivity contribution is 5.95. The van der Waals surface area contributed by atoms with Crippen molar-refractivity contribution in [1.82, 2.24) is 15.3 Å². The smallest absolute Gasteiger partial charge is 0.251 e. The summed E-state index contributed by atoms with van der Waals surface area (Å²) >= 11 is 0. The molecule has 1 aliphatic rings. The molecule has 3 aromatic rings. The summed E-state index contributed by atoms with van der Waals surface area (Å²) in [7, 11) is 0. The first-order valence-electron chi connectivity index (χ1n) is 9.43. The average Bonchev–Trinajstić information content (AvgIpc) is 3.22. The lowest BCUT2D eigenvalue weighted by molar-refractivity contribution is 0.0938. The molecule has 0 unspecified atom stereocenters. The summed E-state index contributed by atoms with van der Waals surface area (Å²) in [5, 5.41) is 6.31. The molecule has 1 aromatic heterocycles. The van der Waals surface area contributed by atoms with E-state index in [0.717, 1.165) is 24.1 Å². The second-order valence-corrected chi connectivity index (χ2v) is 6.96. The van der Waals surface area contributed by atoms with Gasteiger partial charge in [-0.05, 0) is 55.3 Å². The van der Waals surface area contributed by atoms with Crippen LogP contribution in [0.2, 0.25) is 0 Å². The van der Waals surface area contributed by atoms with Gasteiger partial charge in [0.05, 0.1) is 5.69 Å². The molecule has 0 spiro atoms. The third kappa shape index (κ3) is 4.34. The molecule has 1 amide bonds. The van der Waals surface area contributed by atoms with Crippen LogP contribution in [-0.2, 0) is 0 Å². The number of nitrogens with one attached hydrogen (secondary N) is 2. The van der Waals surface area contributed by atoms with Gasteiger partial charge in [-0.2, -0.15) is 0 Å². The predicted octanol–water partition coefficient (Wildman–Crippen LogP) is 4.70. The molecule has 2 N–H and O–H groups in total. The fourth-order valence-corrected chi connectivity index (χ4v) is 3.43. The Labute approximate surface area is 163 Å². The Morgan fingerprint density at radius 1 is 1.00 bits per heavy atom. The first-order valence-corrected chi connectivity index (χ1v) is 9.43. The van der Waals surface area contributed by atoms with Crippen LogP contribution >= 0.6 is 0 Å². The third-order valence-electron chi connectivity index (χ3n) is 4.89. The number of carbonyl (C=O) groups excluding carboxylic acids is 1. The zero-order chi connectivity index (χ0) is 19.3. The first-order chi connectivity index (χ1) is 13.7. The highest BCUT2D eigenvalue weighted by Crippen LogP contribution is 2.22. The highest BCUT2D eigenvalue weighted by atomic mass is 19.1. The Morgan fingerprint density at radius 3 is 2.57 bits per heavy atom. The minimum Gasteiger partial charge on any atom is -0.349 e. The van der Waals surface area contributed by atoms with Crippen LogP contribution < -0.4 is 10.6 Å². The molecule has 1 fully saturated rings. The van der Waals surface area contributed by atoms with E-state index in [2.05, 4.69) is 20.6 Å². The number of halogens is 1. The highest BCUT2D eigenvalue weighted by Gasteiger charge is 2.18. The maximum absolute atomic E-state index is 13.1. The monoisotopic (exact) mass is 376 g/mol. The third-order valence-corrected chi connectivity index (χ3v) is 4.89. The number of carbonyl (C=O) groups is 1. The van der Waals surface area contributed by atoms with Gasteiger partial charge in [-0.25, -0.2) is 14.4 Å². The molecule has 4 rings (SSSR count). The van der Waals surface area contributed by atoms with Crippen LogP contribution in [0.25, 0.3) is 11.3 Å². The van der Waals surface area contributed by atoms with E-state index in [1.54, 1.807) is 24.3 Å². The normalized spacial score (nSPS) is 14.0. The quantitative estimate of drug-likeness (QED) is 0.677. The van der Waals surface area contributed by atoms with Gasteiger partial charge in [0.25, 0.3) is 5.91 Å². The van der Waals surface area contributed by atoms with Crippen molar-refractivity contribution in [3.63, 3.8) is 0 Å². The zero-order valence-electron chi connectivity index (χ0n) is 15.4. The minimum absolute atomic E-state index is 0.0507. The van der Waals surface area contributed by atoms with Crippen LogP contribution in [0.5, 0.6) is 0 Å². The number of rotatable bonds is 5. The molecule has 142 valence electrons. The van der Waals surface area contributed by atoms with Gasteiger partial charge < -0.3 is 10.6 Å². The molecule has 0 radical (unpaired) electrons. The Bertz CT molecular complexity index is 968. The molecule has 1 saturated carbocycles. The lowest BCUT2D eigenvalue weighted by atomic mass is 10.1. The van der Waals surface area contributed by atoms with Gasteiger partial charge in [0.2, 0.25) is 0 Å². The van der Waals surface area contributed by atoms with E-state index in [0.29, 0.717) is 17.1 Å². The summed E-state index contributed by atoms with van der Waals surface area (Å²) in [5.74, 6) is 0.261. The fraction of sp³-hybridized carbons (Fsp3) is 0.227. The Balaban J connectivity index is 1.49. The van der Waals surface area contributed by atoms with E-state index in [4.69, 9.17) is 0 Å². The Hall–Kier alpha value is -3.28. The molecule has 0 bridgehead atoms. The van der Waals surface area contributed by atoms with Gasteiger partial charge in [0.15, 0.2) is 0 Å². The van der Waals surface area contributed by atoms with Crippen LogP contribution in [0.1, 0.15) is 36.0 Å². The van der Waals surface area contributed by atoms with Crippen molar-refractivity contribution in [3.05, 3.63) is 72.3 Å². The van der Waals surface area contributed by atoms with Crippen molar-refractivity contribution in [2.45, 2.75) is 31.7 Å². The number of benzene rings is 2. The van der Waals surface area contributed by atoms with Crippen LogP contribution in [0.4, 0.5) is 15.9 Å². The van der Waals surface area contributed by atoms with Crippen molar-refractivity contribution in [1.29, 1.82) is 0 Å². The molecule has 1 heterocycles. The van der Waals surface area contributed by atoms with Gasteiger partial charge in [0.1, 0.15) is 18.0 Å². The first kappa shape index (κ1) is 18.1. The maximum Gasteiger partial charge on any atom is 0.251 e. The van der Waals surface area contributed by atoms with Crippen molar-refractivity contribution in [2.75, 3.05) is 5.32 Å². The van der Waals surface area contributed by atoms with E-state index in [-0.39, 0.29) is 17.8 Å². The van der Waals surface area contributed by atoms with Crippen LogP contribution in [0.15, 0.2) is 60.9 Å². The SMILES string of the molecule is O=C(NC1CCCC1)c1cccc(Nc2cc(-c3ccc(F)cc3)ncn2)c1. The van der Waals surface area contributed by atoms with E-state index in [1.165, 1.54) is 31.3 Å². The molecule has 2 aromatic carbocycles. The number of aromatic nitrogens is 2. The molecule has 0 aliphatic heterocycles. The lowest BCUT2D eigenvalue weighted by Crippen LogP contribution is -2.32. The minimum atomic E-state index is -0.288. The van der Waals surface area contributed by atoms with Gasteiger partial charge in [0, 0.05) is 28.9 Å².